The largest absolute Gasteiger partial charge is 0.494 e. The molecule has 2 heterocycles. The Hall–Kier alpha value is -3.82. The Labute approximate surface area is 237 Å². The van der Waals surface area contributed by atoms with Crippen molar-refractivity contribution in [2.24, 2.45) is 5.73 Å². The zero-order valence-electron chi connectivity index (χ0n) is 21.4. The number of thioether (sulfide) groups is 1. The molecule has 0 amide bonds. The maximum atomic E-state index is 13.3. The van der Waals surface area contributed by atoms with Crippen LogP contribution >= 0.6 is 23.1 Å². The minimum atomic E-state index is -4.42. The molecule has 0 saturated heterocycles. The number of carbonyl (C=O) groups excluding carboxylic acids is 1. The SMILES string of the molecule is CCOc1ccc(C2C(C#N)=C(N)N(c3nnc(SCc4cccc(C(F)(F)F)c4)s3)C3=C2C(=O)CCC3)cc1. The Morgan fingerprint density at radius 2 is 1.98 bits per heavy atom. The monoisotopic (exact) mass is 583 g/mol. The van der Waals surface area contributed by atoms with Gasteiger partial charge in [-0.1, -0.05) is 53.4 Å². The van der Waals surface area contributed by atoms with Crippen molar-refractivity contribution in [2.75, 3.05) is 11.5 Å². The van der Waals surface area contributed by atoms with Crippen LogP contribution in [0, 0.1) is 11.3 Å². The van der Waals surface area contributed by atoms with Crippen molar-refractivity contribution in [2.45, 2.75) is 48.4 Å². The third-order valence-corrected chi connectivity index (χ3v) is 8.75. The molecule has 40 heavy (non-hydrogen) atoms. The zero-order chi connectivity index (χ0) is 28.4. The van der Waals surface area contributed by atoms with Gasteiger partial charge in [0, 0.05) is 23.4 Å². The number of nitriles is 1. The number of benzene rings is 2. The number of Topliss-reactive ketones (excluding diaryl/α,β-unsaturated/α-hetero) is 1. The fourth-order valence-corrected chi connectivity index (χ4v) is 6.72. The average Bonchev–Trinajstić information content (AvgIpc) is 3.40. The second-order valence-electron chi connectivity index (χ2n) is 9.16. The molecule has 0 bridgehead atoms. The number of aromatic nitrogens is 2. The summed E-state index contributed by atoms with van der Waals surface area (Å²) in [5.74, 6) is 0.476. The molecule has 0 radical (unpaired) electrons. The molecule has 0 fully saturated rings. The third kappa shape index (κ3) is 5.44. The van der Waals surface area contributed by atoms with Crippen molar-refractivity contribution in [1.29, 1.82) is 5.26 Å². The minimum Gasteiger partial charge on any atom is -0.494 e. The molecule has 7 nitrogen and oxygen atoms in total. The normalized spacial score (nSPS) is 17.6. The first-order valence-corrected chi connectivity index (χ1v) is 14.3. The maximum absolute atomic E-state index is 13.3. The Kier molecular flexibility index (Phi) is 7.87. The highest BCUT2D eigenvalue weighted by molar-refractivity contribution is 8.00. The number of rotatable bonds is 7. The number of alkyl halides is 3. The molecule has 1 atom stereocenters. The molecule has 0 saturated carbocycles. The molecular weight excluding hydrogens is 559 g/mol. The summed E-state index contributed by atoms with van der Waals surface area (Å²) in [6.07, 6.45) is -2.85. The fraction of sp³-hybridized carbons (Fsp3) is 0.286. The molecule has 1 aliphatic carbocycles. The summed E-state index contributed by atoms with van der Waals surface area (Å²) < 4.78 is 45.3. The molecule has 12 heteroatoms. The molecule has 1 aliphatic heterocycles. The van der Waals surface area contributed by atoms with Gasteiger partial charge in [-0.05, 0) is 49.1 Å². The first kappa shape index (κ1) is 27.7. The van der Waals surface area contributed by atoms with Crippen LogP contribution in [-0.4, -0.2) is 22.6 Å². The first-order chi connectivity index (χ1) is 19.2. The number of hydrogen-bond donors (Lipinski definition) is 1. The van der Waals surface area contributed by atoms with E-state index in [1.165, 1.54) is 29.2 Å². The summed E-state index contributed by atoms with van der Waals surface area (Å²) in [7, 11) is 0. The van der Waals surface area contributed by atoms with Gasteiger partial charge in [0.05, 0.1) is 29.7 Å². The van der Waals surface area contributed by atoms with Crippen LogP contribution in [0.1, 0.15) is 48.8 Å². The lowest BCUT2D eigenvalue weighted by atomic mass is 9.76. The van der Waals surface area contributed by atoms with Gasteiger partial charge in [-0.2, -0.15) is 18.4 Å². The van der Waals surface area contributed by atoms with Crippen LogP contribution < -0.4 is 15.4 Å². The van der Waals surface area contributed by atoms with Crippen LogP contribution in [0.5, 0.6) is 5.75 Å². The Morgan fingerprint density at radius 1 is 1.20 bits per heavy atom. The number of anilines is 1. The van der Waals surface area contributed by atoms with Gasteiger partial charge in [0.1, 0.15) is 11.6 Å². The van der Waals surface area contributed by atoms with E-state index in [0.29, 0.717) is 57.9 Å². The Morgan fingerprint density at radius 3 is 2.67 bits per heavy atom. The first-order valence-electron chi connectivity index (χ1n) is 12.5. The van der Waals surface area contributed by atoms with E-state index in [0.717, 1.165) is 17.7 Å². The van der Waals surface area contributed by atoms with Crippen LogP contribution in [0.4, 0.5) is 18.3 Å². The third-order valence-electron chi connectivity index (χ3n) is 6.64. The van der Waals surface area contributed by atoms with Gasteiger partial charge in [0.15, 0.2) is 10.1 Å². The molecule has 2 aromatic carbocycles. The maximum Gasteiger partial charge on any atom is 0.416 e. The molecular formula is C28H24F3N5O2S2. The minimum absolute atomic E-state index is 0.0472. The van der Waals surface area contributed by atoms with Crippen molar-refractivity contribution in [1.82, 2.24) is 10.2 Å². The number of nitrogens with two attached hydrogens (primary N) is 1. The van der Waals surface area contributed by atoms with Gasteiger partial charge in [0.25, 0.3) is 0 Å². The topological polar surface area (TPSA) is 105 Å². The van der Waals surface area contributed by atoms with Crippen LogP contribution in [0.15, 0.2) is 75.5 Å². The predicted octanol–water partition coefficient (Wildman–Crippen LogP) is 6.55. The summed E-state index contributed by atoms with van der Waals surface area (Å²) >= 11 is 2.46. The van der Waals surface area contributed by atoms with Crippen LogP contribution in [0.25, 0.3) is 0 Å². The average molecular weight is 584 g/mol. The van der Waals surface area contributed by atoms with Gasteiger partial charge >= 0.3 is 6.18 Å². The van der Waals surface area contributed by atoms with E-state index < -0.39 is 17.7 Å². The number of hydrogen-bond acceptors (Lipinski definition) is 9. The van der Waals surface area contributed by atoms with E-state index in [1.54, 1.807) is 11.0 Å². The molecule has 5 rings (SSSR count). The highest BCUT2D eigenvalue weighted by atomic mass is 32.2. The highest BCUT2D eigenvalue weighted by Crippen LogP contribution is 2.47. The van der Waals surface area contributed by atoms with Gasteiger partial charge in [-0.15, -0.1) is 10.2 Å². The number of nitrogens with zero attached hydrogens (tertiary/aromatic N) is 4. The Bertz CT molecular complexity index is 1540. The number of halogens is 3. The zero-order valence-corrected chi connectivity index (χ0v) is 23.0. The molecule has 1 aromatic heterocycles. The Balaban J connectivity index is 1.46. The fourth-order valence-electron chi connectivity index (χ4n) is 4.90. The molecule has 206 valence electrons. The van der Waals surface area contributed by atoms with Gasteiger partial charge in [-0.25, -0.2) is 0 Å². The lowest BCUT2D eigenvalue weighted by Gasteiger charge is -2.38. The highest BCUT2D eigenvalue weighted by Gasteiger charge is 2.41. The number of ketones is 1. The van der Waals surface area contributed by atoms with E-state index >= 15 is 0 Å². The van der Waals surface area contributed by atoms with Crippen LogP contribution in [0.2, 0.25) is 0 Å². The molecule has 0 spiro atoms. The molecule has 1 unspecified atom stereocenters. The standard InChI is InChI=1S/C28H24F3N5O2S2/c1-2-38-19-11-9-17(10-12-19)23-20(14-32)25(33)36(21-7-4-8-22(37)24(21)23)26-34-35-27(40-26)39-15-16-5-3-6-18(13-16)28(29,30)31/h3,5-6,9-13,23H,2,4,7-8,15,33H2,1H3. The van der Waals surface area contributed by atoms with Crippen molar-refractivity contribution in [3.8, 4) is 11.8 Å². The summed E-state index contributed by atoms with van der Waals surface area (Å²) in [5, 5.41) is 19.1. The van der Waals surface area contributed by atoms with Crippen LogP contribution in [0.3, 0.4) is 0 Å². The quantitative estimate of drug-likeness (QED) is 0.312. The summed E-state index contributed by atoms with van der Waals surface area (Å²) in [4.78, 5) is 14.9. The summed E-state index contributed by atoms with van der Waals surface area (Å²) in [5.41, 5.74) is 8.61. The lowest BCUT2D eigenvalue weighted by molar-refractivity contribution is -0.137. The van der Waals surface area contributed by atoms with E-state index in [9.17, 15) is 23.2 Å². The number of allylic oxidation sites excluding steroid dienone is 3. The van der Waals surface area contributed by atoms with Gasteiger partial charge in [-0.3, -0.25) is 9.69 Å². The van der Waals surface area contributed by atoms with E-state index in [1.807, 2.05) is 31.2 Å². The van der Waals surface area contributed by atoms with Gasteiger partial charge < -0.3 is 10.5 Å². The molecule has 3 aromatic rings. The molecule has 2 aliphatic rings. The van der Waals surface area contributed by atoms with Crippen molar-refractivity contribution >= 4 is 34.0 Å². The predicted molar refractivity (Wildman–Crippen MR) is 146 cm³/mol. The van der Waals surface area contributed by atoms with E-state index in [4.69, 9.17) is 10.5 Å². The summed E-state index contributed by atoms with van der Waals surface area (Å²) in [6.45, 7) is 2.41. The van der Waals surface area contributed by atoms with E-state index in [-0.39, 0.29) is 22.9 Å². The molecule has 2 N–H and O–H groups in total. The number of ether oxygens (including phenoxy) is 1. The van der Waals surface area contributed by atoms with Crippen molar-refractivity contribution in [3.63, 3.8) is 0 Å². The van der Waals surface area contributed by atoms with E-state index in [2.05, 4.69) is 16.3 Å². The second-order valence-corrected chi connectivity index (χ2v) is 11.3. The summed E-state index contributed by atoms with van der Waals surface area (Å²) in [6, 6.07) is 14.7. The lowest BCUT2D eigenvalue weighted by Crippen LogP contribution is -2.38. The van der Waals surface area contributed by atoms with Crippen LogP contribution in [-0.2, 0) is 16.7 Å². The number of carbonyl (C=O) groups is 1. The van der Waals surface area contributed by atoms with Crippen molar-refractivity contribution in [3.05, 3.63) is 87.9 Å². The van der Waals surface area contributed by atoms with Crippen molar-refractivity contribution < 1.29 is 22.7 Å². The smallest absolute Gasteiger partial charge is 0.416 e. The second kappa shape index (κ2) is 11.3. The van der Waals surface area contributed by atoms with Gasteiger partial charge in [0.2, 0.25) is 5.13 Å².